The fourth-order valence-corrected chi connectivity index (χ4v) is 5.38. The summed E-state index contributed by atoms with van der Waals surface area (Å²) in [5, 5.41) is 4.29. The summed E-state index contributed by atoms with van der Waals surface area (Å²) in [7, 11) is 2.96. The number of ether oxygens (including phenoxy) is 2. The number of hydrogen-bond donors (Lipinski definition) is 0. The van der Waals surface area contributed by atoms with E-state index in [0.717, 1.165) is 4.68 Å². The van der Waals surface area contributed by atoms with Gasteiger partial charge in [0.2, 0.25) is 0 Å². The molecule has 10 nitrogen and oxygen atoms in total. The third kappa shape index (κ3) is 4.80. The number of nitrogens with zero attached hydrogens (tertiary/aromatic N) is 7. The Morgan fingerprint density at radius 3 is 2.57 bits per heavy atom. The van der Waals surface area contributed by atoms with Crippen LogP contribution in [0.1, 0.15) is 34.1 Å². The summed E-state index contributed by atoms with van der Waals surface area (Å²) < 4.78 is 56.2. The van der Waals surface area contributed by atoms with Gasteiger partial charge in [0.25, 0.3) is 5.91 Å². The lowest BCUT2D eigenvalue weighted by Gasteiger charge is -2.30. The average Bonchev–Trinajstić information content (AvgIpc) is 3.62. The van der Waals surface area contributed by atoms with E-state index in [1.165, 1.54) is 31.6 Å². The Hall–Kier alpha value is -4.94. The second-order valence-corrected chi connectivity index (χ2v) is 9.82. The Balaban J connectivity index is 1.50. The van der Waals surface area contributed by atoms with E-state index in [-0.39, 0.29) is 18.0 Å². The average molecular weight is 578 g/mol. The molecule has 0 aliphatic carbocycles. The molecule has 6 rings (SSSR count). The van der Waals surface area contributed by atoms with Crippen molar-refractivity contribution >= 4 is 22.6 Å². The van der Waals surface area contributed by atoms with Gasteiger partial charge in [0.15, 0.2) is 17.2 Å². The highest BCUT2D eigenvalue weighted by molar-refractivity contribution is 6.12. The van der Waals surface area contributed by atoms with Crippen molar-refractivity contribution in [2.24, 2.45) is 7.05 Å². The summed E-state index contributed by atoms with van der Waals surface area (Å²) in [6, 6.07) is 6.89. The van der Waals surface area contributed by atoms with E-state index in [9.17, 15) is 18.0 Å². The Morgan fingerprint density at radius 1 is 1.05 bits per heavy atom. The molecule has 3 aromatic heterocycles. The van der Waals surface area contributed by atoms with E-state index in [0.29, 0.717) is 70.0 Å². The Bertz CT molecular complexity index is 1800. The summed E-state index contributed by atoms with van der Waals surface area (Å²) in [5.74, 6) is 0.968. The van der Waals surface area contributed by atoms with Crippen molar-refractivity contribution in [1.82, 2.24) is 29.3 Å². The van der Waals surface area contributed by atoms with Crippen molar-refractivity contribution in [3.63, 3.8) is 0 Å². The largest absolute Gasteiger partial charge is 0.493 e. The zero-order valence-electron chi connectivity index (χ0n) is 23.0. The van der Waals surface area contributed by atoms with Gasteiger partial charge >= 0.3 is 6.18 Å². The van der Waals surface area contributed by atoms with Crippen molar-refractivity contribution in [2.45, 2.75) is 26.1 Å². The number of benzene rings is 2. The van der Waals surface area contributed by atoms with Gasteiger partial charge in [-0.2, -0.15) is 18.3 Å². The number of anilines is 1. The molecule has 4 heterocycles. The molecular weight excluding hydrogens is 551 g/mol. The molecular formula is C29H26F3N7O3. The van der Waals surface area contributed by atoms with Crippen LogP contribution in [0.5, 0.6) is 11.5 Å². The first-order valence-corrected chi connectivity index (χ1v) is 13.2. The van der Waals surface area contributed by atoms with E-state index in [4.69, 9.17) is 9.47 Å². The number of rotatable bonds is 7. The molecule has 0 unspecified atom stereocenters. The molecule has 216 valence electrons. The number of imidazole rings is 1. The van der Waals surface area contributed by atoms with Crippen LogP contribution in [0.4, 0.5) is 19.0 Å². The van der Waals surface area contributed by atoms with Crippen LogP contribution in [0.3, 0.4) is 0 Å². The summed E-state index contributed by atoms with van der Waals surface area (Å²) in [4.78, 5) is 28.5. The molecule has 0 fully saturated rings. The number of aryl methyl sites for hydroxylation is 1. The zero-order chi connectivity index (χ0) is 29.6. The van der Waals surface area contributed by atoms with Gasteiger partial charge in [0.1, 0.15) is 12.1 Å². The first kappa shape index (κ1) is 27.2. The Morgan fingerprint density at radius 2 is 1.86 bits per heavy atom. The number of hydrogen-bond acceptors (Lipinski definition) is 7. The molecule has 1 aliphatic rings. The molecule has 5 aromatic rings. The predicted octanol–water partition coefficient (Wildman–Crippen LogP) is 4.90. The van der Waals surface area contributed by atoms with Gasteiger partial charge in [0.05, 0.1) is 25.6 Å². The van der Waals surface area contributed by atoms with Crippen molar-refractivity contribution < 1.29 is 27.4 Å². The van der Waals surface area contributed by atoms with Crippen LogP contribution >= 0.6 is 0 Å². The highest BCUT2D eigenvalue weighted by atomic mass is 19.4. The fraction of sp³-hybridized carbons (Fsp3) is 0.276. The number of carbonyl (C=O) groups is 1. The first-order chi connectivity index (χ1) is 20.2. The van der Waals surface area contributed by atoms with E-state index in [2.05, 4.69) is 20.1 Å². The van der Waals surface area contributed by atoms with E-state index < -0.39 is 11.9 Å². The molecule has 1 amide bonds. The molecule has 42 heavy (non-hydrogen) atoms. The second-order valence-electron chi connectivity index (χ2n) is 9.82. The SMILES string of the molecule is CCOc1cc2ncnc(N3CCc4c(cc(Cn5ccnc5)cc4-c4cn(C)nc4C(F)(F)F)C3=O)c2cc1OC. The quantitative estimate of drug-likeness (QED) is 0.271. The topological polar surface area (TPSA) is 100 Å². The first-order valence-electron chi connectivity index (χ1n) is 13.2. The minimum Gasteiger partial charge on any atom is -0.493 e. The number of alkyl halides is 3. The van der Waals surface area contributed by atoms with Gasteiger partial charge in [-0.1, -0.05) is 0 Å². The number of methoxy groups -OCH3 is 1. The summed E-state index contributed by atoms with van der Waals surface area (Å²) in [5.41, 5.74) is 1.28. The third-order valence-electron chi connectivity index (χ3n) is 7.14. The normalized spacial score (nSPS) is 13.5. The minimum absolute atomic E-state index is 0.0735. The predicted molar refractivity (Wildman–Crippen MR) is 148 cm³/mol. The number of aromatic nitrogens is 6. The molecule has 1 aliphatic heterocycles. The Labute approximate surface area is 238 Å². The number of amides is 1. The lowest BCUT2D eigenvalue weighted by Crippen LogP contribution is -2.38. The van der Waals surface area contributed by atoms with Crippen LogP contribution < -0.4 is 14.4 Å². The van der Waals surface area contributed by atoms with Crippen LogP contribution in [0.2, 0.25) is 0 Å². The summed E-state index contributed by atoms with van der Waals surface area (Å²) in [6.45, 7) is 2.79. The van der Waals surface area contributed by atoms with Gasteiger partial charge in [-0.15, -0.1) is 0 Å². The molecule has 0 saturated heterocycles. The lowest BCUT2D eigenvalue weighted by molar-refractivity contribution is -0.140. The number of carbonyl (C=O) groups excluding carboxylic acids is 1. The highest BCUT2D eigenvalue weighted by Crippen LogP contribution is 2.41. The minimum atomic E-state index is -4.67. The zero-order valence-corrected chi connectivity index (χ0v) is 23.0. The molecule has 0 spiro atoms. The molecule has 13 heteroatoms. The van der Waals surface area contributed by atoms with Gasteiger partial charge in [-0.3, -0.25) is 14.4 Å². The highest BCUT2D eigenvalue weighted by Gasteiger charge is 2.39. The smallest absolute Gasteiger partial charge is 0.435 e. The van der Waals surface area contributed by atoms with E-state index in [1.807, 2.05) is 6.92 Å². The molecule has 0 radical (unpaired) electrons. The maximum absolute atomic E-state index is 14.2. The van der Waals surface area contributed by atoms with Crippen LogP contribution in [0.15, 0.2) is 55.5 Å². The third-order valence-corrected chi connectivity index (χ3v) is 7.14. The monoisotopic (exact) mass is 577 g/mol. The molecule has 0 bridgehead atoms. The van der Waals surface area contributed by atoms with Crippen molar-refractivity contribution in [3.8, 4) is 22.6 Å². The van der Waals surface area contributed by atoms with Gasteiger partial charge in [-0.25, -0.2) is 15.0 Å². The van der Waals surface area contributed by atoms with E-state index in [1.54, 1.807) is 47.6 Å². The van der Waals surface area contributed by atoms with Gasteiger partial charge < -0.3 is 14.0 Å². The molecule has 0 saturated carbocycles. The standard InChI is InChI=1S/C29H26F3N7O3/c1-4-42-25-12-23-21(11-24(25)41-3)27(35-15-34-23)39-7-5-18-19(22-14-37(2)36-26(22)29(30,31)32)9-17(10-20(18)28(39)40)13-38-8-6-33-16-38/h6,8-12,14-16H,4-5,7,13H2,1-3H3. The molecule has 2 aromatic carbocycles. The maximum atomic E-state index is 14.2. The van der Waals surface area contributed by atoms with E-state index >= 15 is 0 Å². The second kappa shape index (κ2) is 10.5. The van der Waals surface area contributed by atoms with Crippen LogP contribution in [-0.4, -0.2) is 55.5 Å². The van der Waals surface area contributed by atoms with Crippen molar-refractivity contribution in [3.05, 3.63) is 77.9 Å². The fourth-order valence-electron chi connectivity index (χ4n) is 5.38. The van der Waals surface area contributed by atoms with Gasteiger partial charge in [-0.05, 0) is 48.2 Å². The van der Waals surface area contributed by atoms with Gasteiger partial charge in [0, 0.05) is 61.3 Å². The number of fused-ring (bicyclic) bond motifs is 2. The van der Waals surface area contributed by atoms with Crippen LogP contribution in [0, 0.1) is 0 Å². The van der Waals surface area contributed by atoms with Crippen LogP contribution in [-0.2, 0) is 26.2 Å². The summed E-state index contributed by atoms with van der Waals surface area (Å²) >= 11 is 0. The Kier molecular flexibility index (Phi) is 6.79. The van der Waals surface area contributed by atoms with Crippen molar-refractivity contribution in [1.29, 1.82) is 0 Å². The lowest BCUT2D eigenvalue weighted by atomic mass is 9.88. The van der Waals surface area contributed by atoms with Crippen molar-refractivity contribution in [2.75, 3.05) is 25.2 Å². The molecule has 0 atom stereocenters. The van der Waals surface area contributed by atoms with Crippen LogP contribution in [0.25, 0.3) is 22.0 Å². The maximum Gasteiger partial charge on any atom is 0.435 e. The summed E-state index contributed by atoms with van der Waals surface area (Å²) in [6.07, 6.45) is 3.30. The molecule has 0 N–H and O–H groups in total. The number of halogens is 3.